The molecule has 0 aromatic heterocycles. The predicted molar refractivity (Wildman–Crippen MR) is 61.8 cm³/mol. The smallest absolute Gasteiger partial charge is 0.145 e. The number of carbonyl (C=O) groups excluding carboxylic acids is 1. The molecule has 0 unspecified atom stereocenters. The van der Waals surface area contributed by atoms with Crippen molar-refractivity contribution >= 4 is 14.4 Å². The first-order chi connectivity index (χ1) is 5.70. The summed E-state index contributed by atoms with van der Waals surface area (Å²) < 4.78 is 0. The summed E-state index contributed by atoms with van der Waals surface area (Å²) in [4.78, 5) is 10.4. The second kappa shape index (κ2) is 4.23. The van der Waals surface area contributed by atoms with E-state index >= 15 is 0 Å². The highest BCUT2D eigenvalue weighted by Gasteiger charge is 2.34. The van der Waals surface area contributed by atoms with E-state index < -0.39 is 8.07 Å². The molecule has 76 valence electrons. The predicted octanol–water partition coefficient (Wildman–Crippen LogP) is 3.64. The van der Waals surface area contributed by atoms with Crippen LogP contribution < -0.4 is 0 Å². The lowest BCUT2D eigenvalue weighted by atomic mass is 10.2. The van der Waals surface area contributed by atoms with Crippen LogP contribution in [0, 0.1) is 0 Å². The summed E-state index contributed by atoms with van der Waals surface area (Å²) in [5.41, 5.74) is 0.741. The van der Waals surface area contributed by atoms with Gasteiger partial charge in [-0.1, -0.05) is 46.5 Å². The normalized spacial score (nSPS) is 12.7. The third-order valence-electron chi connectivity index (χ3n) is 3.27. The SMILES string of the molecule is C=C(C=O)CC[Si](C)(C)C(C)(C)C. The Kier molecular flexibility index (Phi) is 4.10. The number of hydrogen-bond acceptors (Lipinski definition) is 1. The molecule has 13 heavy (non-hydrogen) atoms. The molecule has 0 aromatic rings. The minimum absolute atomic E-state index is 0.413. The molecule has 0 saturated carbocycles. The summed E-state index contributed by atoms with van der Waals surface area (Å²) in [7, 11) is -1.20. The Morgan fingerprint density at radius 2 is 1.85 bits per heavy atom. The molecule has 0 saturated heterocycles. The van der Waals surface area contributed by atoms with Gasteiger partial charge >= 0.3 is 0 Å². The topological polar surface area (TPSA) is 17.1 Å². The van der Waals surface area contributed by atoms with Gasteiger partial charge in [-0.15, -0.1) is 0 Å². The lowest BCUT2D eigenvalue weighted by Gasteiger charge is -2.37. The van der Waals surface area contributed by atoms with E-state index in [-0.39, 0.29) is 0 Å². The molecular weight excluding hydrogens is 176 g/mol. The van der Waals surface area contributed by atoms with Crippen molar-refractivity contribution in [3.8, 4) is 0 Å². The summed E-state index contributed by atoms with van der Waals surface area (Å²) >= 11 is 0. The van der Waals surface area contributed by atoms with Crippen molar-refractivity contribution in [2.45, 2.75) is 51.4 Å². The lowest BCUT2D eigenvalue weighted by Crippen LogP contribution is -2.36. The first-order valence-corrected chi connectivity index (χ1v) is 8.04. The summed E-state index contributed by atoms with van der Waals surface area (Å²) in [6.07, 6.45) is 1.76. The Morgan fingerprint density at radius 3 is 2.15 bits per heavy atom. The van der Waals surface area contributed by atoms with E-state index in [2.05, 4.69) is 40.4 Å². The molecule has 0 fully saturated rings. The molecular formula is C11H22OSi. The van der Waals surface area contributed by atoms with E-state index in [0.717, 1.165) is 24.3 Å². The minimum Gasteiger partial charge on any atom is -0.298 e. The van der Waals surface area contributed by atoms with Gasteiger partial charge in [0.1, 0.15) is 6.29 Å². The molecule has 2 heteroatoms. The number of carbonyl (C=O) groups is 1. The van der Waals surface area contributed by atoms with Crippen molar-refractivity contribution in [1.82, 2.24) is 0 Å². The fourth-order valence-electron chi connectivity index (χ4n) is 0.907. The van der Waals surface area contributed by atoms with Gasteiger partial charge in [-0.25, -0.2) is 0 Å². The fraction of sp³-hybridized carbons (Fsp3) is 0.727. The van der Waals surface area contributed by atoms with E-state index in [4.69, 9.17) is 0 Å². The number of aldehydes is 1. The third kappa shape index (κ3) is 3.90. The number of allylic oxidation sites excluding steroid dienone is 1. The molecule has 0 aliphatic heterocycles. The monoisotopic (exact) mass is 198 g/mol. The first-order valence-electron chi connectivity index (χ1n) is 4.84. The maximum Gasteiger partial charge on any atom is 0.145 e. The van der Waals surface area contributed by atoms with Gasteiger partial charge in [0.2, 0.25) is 0 Å². The second-order valence-corrected chi connectivity index (χ2v) is 11.2. The second-order valence-electron chi connectivity index (χ2n) is 5.41. The lowest BCUT2D eigenvalue weighted by molar-refractivity contribution is -0.105. The molecule has 0 bridgehead atoms. The van der Waals surface area contributed by atoms with Crippen molar-refractivity contribution in [1.29, 1.82) is 0 Å². The third-order valence-corrected chi connectivity index (χ3v) is 8.83. The van der Waals surface area contributed by atoms with Crippen LogP contribution >= 0.6 is 0 Å². The van der Waals surface area contributed by atoms with Crippen LogP contribution in [0.15, 0.2) is 12.2 Å². The summed E-state index contributed by atoms with van der Waals surface area (Å²) in [6.45, 7) is 15.4. The highest BCUT2D eigenvalue weighted by molar-refractivity contribution is 6.80. The quantitative estimate of drug-likeness (QED) is 0.383. The largest absolute Gasteiger partial charge is 0.298 e. The van der Waals surface area contributed by atoms with E-state index in [1.165, 1.54) is 0 Å². The summed E-state index contributed by atoms with van der Waals surface area (Å²) in [5, 5.41) is 0.413. The van der Waals surface area contributed by atoms with Gasteiger partial charge in [-0.05, 0) is 17.0 Å². The van der Waals surface area contributed by atoms with Crippen LogP contribution in [0.2, 0.25) is 24.2 Å². The zero-order valence-corrected chi connectivity index (χ0v) is 10.6. The van der Waals surface area contributed by atoms with Crippen LogP contribution in [0.5, 0.6) is 0 Å². The fourth-order valence-corrected chi connectivity index (χ4v) is 2.60. The summed E-state index contributed by atoms with van der Waals surface area (Å²) in [6, 6.07) is 1.16. The standard InChI is InChI=1S/C11H22OSi/c1-10(9-12)7-8-13(5,6)11(2,3)4/h9H,1,7-8H2,2-6H3. The molecule has 0 aliphatic carbocycles. The van der Waals surface area contributed by atoms with Crippen molar-refractivity contribution in [3.63, 3.8) is 0 Å². The zero-order valence-electron chi connectivity index (χ0n) is 9.61. The first kappa shape index (κ1) is 12.6. The van der Waals surface area contributed by atoms with Gasteiger partial charge in [0.05, 0.1) is 8.07 Å². The van der Waals surface area contributed by atoms with Gasteiger partial charge in [0.25, 0.3) is 0 Å². The number of hydrogen-bond donors (Lipinski definition) is 0. The Bertz CT molecular complexity index is 199. The molecule has 0 spiro atoms. The molecule has 0 radical (unpaired) electrons. The molecule has 0 aromatic carbocycles. The van der Waals surface area contributed by atoms with Gasteiger partial charge in [-0.3, -0.25) is 4.79 Å². The van der Waals surface area contributed by atoms with Crippen LogP contribution in [-0.2, 0) is 4.79 Å². The Hall–Kier alpha value is -0.373. The highest BCUT2D eigenvalue weighted by atomic mass is 28.3. The number of rotatable bonds is 4. The Morgan fingerprint density at radius 1 is 1.38 bits per heavy atom. The van der Waals surface area contributed by atoms with Gasteiger partial charge in [0.15, 0.2) is 0 Å². The molecule has 1 nitrogen and oxygen atoms in total. The molecule has 0 rings (SSSR count). The van der Waals surface area contributed by atoms with Gasteiger partial charge in [-0.2, -0.15) is 0 Å². The Balaban J connectivity index is 4.19. The molecule has 0 atom stereocenters. The zero-order chi connectivity index (χ0) is 10.7. The van der Waals surface area contributed by atoms with E-state index in [1.54, 1.807) is 0 Å². The minimum atomic E-state index is -1.20. The van der Waals surface area contributed by atoms with Crippen molar-refractivity contribution in [2.75, 3.05) is 0 Å². The maximum atomic E-state index is 10.4. The van der Waals surface area contributed by atoms with Gasteiger partial charge in [0, 0.05) is 0 Å². The van der Waals surface area contributed by atoms with Gasteiger partial charge < -0.3 is 0 Å². The van der Waals surface area contributed by atoms with Crippen molar-refractivity contribution in [2.24, 2.45) is 0 Å². The van der Waals surface area contributed by atoms with E-state index in [1.807, 2.05) is 0 Å². The van der Waals surface area contributed by atoms with Crippen molar-refractivity contribution < 1.29 is 4.79 Å². The highest BCUT2D eigenvalue weighted by Crippen LogP contribution is 2.39. The molecule has 0 N–H and O–H groups in total. The van der Waals surface area contributed by atoms with Crippen LogP contribution in [0.1, 0.15) is 27.2 Å². The molecule has 0 amide bonds. The van der Waals surface area contributed by atoms with Crippen LogP contribution in [0.3, 0.4) is 0 Å². The maximum absolute atomic E-state index is 10.4. The van der Waals surface area contributed by atoms with Crippen LogP contribution in [0.25, 0.3) is 0 Å². The van der Waals surface area contributed by atoms with Crippen LogP contribution in [-0.4, -0.2) is 14.4 Å². The average molecular weight is 198 g/mol. The van der Waals surface area contributed by atoms with E-state index in [9.17, 15) is 4.79 Å². The summed E-state index contributed by atoms with van der Waals surface area (Å²) in [5.74, 6) is 0. The Labute approximate surface area is 83.2 Å². The van der Waals surface area contributed by atoms with E-state index in [0.29, 0.717) is 5.04 Å². The molecule has 0 heterocycles. The molecule has 0 aliphatic rings. The average Bonchev–Trinajstić information content (AvgIpc) is 1.98. The van der Waals surface area contributed by atoms with Crippen LogP contribution in [0.4, 0.5) is 0 Å². The van der Waals surface area contributed by atoms with Crippen molar-refractivity contribution in [3.05, 3.63) is 12.2 Å².